The topological polar surface area (TPSA) is 71.1 Å². The van der Waals surface area contributed by atoms with Crippen LogP contribution in [0.5, 0.6) is 0 Å². The fourth-order valence-corrected chi connectivity index (χ4v) is 3.34. The lowest BCUT2D eigenvalue weighted by atomic mass is 10.1. The number of sulfonamides is 1. The van der Waals surface area contributed by atoms with E-state index in [0.717, 1.165) is 24.0 Å². The Hall–Kier alpha value is -1.21. The monoisotopic (exact) mass is 329 g/mol. The molecule has 0 saturated heterocycles. The van der Waals surface area contributed by atoms with Gasteiger partial charge in [-0.2, -0.15) is 0 Å². The standard InChI is InChI=1S/C14H19N3O2S.ClH/c1-11-6-7-13(12-5-3-9-16-14(11)12)20(18,19)17-10-4-8-15-2;/h3,5-7,9,15,17H,4,8,10H2,1-2H3;1H. The molecule has 0 saturated carbocycles. The molecule has 0 aliphatic carbocycles. The molecule has 0 aliphatic heterocycles. The summed E-state index contributed by atoms with van der Waals surface area (Å²) >= 11 is 0. The van der Waals surface area contributed by atoms with Crippen molar-refractivity contribution in [2.75, 3.05) is 20.1 Å². The fourth-order valence-electron chi connectivity index (χ4n) is 2.07. The smallest absolute Gasteiger partial charge is 0.241 e. The normalized spacial score (nSPS) is 11.3. The Morgan fingerprint density at radius 3 is 2.67 bits per heavy atom. The number of nitrogens with zero attached hydrogens (tertiary/aromatic N) is 1. The van der Waals surface area contributed by atoms with Gasteiger partial charge in [0.2, 0.25) is 10.0 Å². The molecular weight excluding hydrogens is 310 g/mol. The van der Waals surface area contributed by atoms with E-state index >= 15 is 0 Å². The van der Waals surface area contributed by atoms with E-state index < -0.39 is 10.0 Å². The molecule has 116 valence electrons. The van der Waals surface area contributed by atoms with Gasteiger partial charge in [0.1, 0.15) is 0 Å². The van der Waals surface area contributed by atoms with Crippen LogP contribution >= 0.6 is 12.4 Å². The minimum absolute atomic E-state index is 0. The van der Waals surface area contributed by atoms with Crippen LogP contribution in [0.15, 0.2) is 35.4 Å². The maximum absolute atomic E-state index is 12.4. The molecular formula is C14H20ClN3O2S. The highest BCUT2D eigenvalue weighted by Gasteiger charge is 2.17. The van der Waals surface area contributed by atoms with Crippen LogP contribution in [0.4, 0.5) is 0 Å². The summed E-state index contributed by atoms with van der Waals surface area (Å²) in [6.07, 6.45) is 2.42. The molecule has 5 nitrogen and oxygen atoms in total. The zero-order valence-corrected chi connectivity index (χ0v) is 13.7. The Morgan fingerprint density at radius 2 is 1.95 bits per heavy atom. The Kier molecular flexibility index (Phi) is 6.54. The molecule has 0 bridgehead atoms. The van der Waals surface area contributed by atoms with Gasteiger partial charge in [0.05, 0.1) is 10.4 Å². The Morgan fingerprint density at radius 1 is 1.19 bits per heavy atom. The number of hydrogen-bond acceptors (Lipinski definition) is 4. The summed E-state index contributed by atoms with van der Waals surface area (Å²) in [5.74, 6) is 0. The molecule has 1 aromatic heterocycles. The third-order valence-electron chi connectivity index (χ3n) is 3.12. The van der Waals surface area contributed by atoms with Crippen molar-refractivity contribution in [1.82, 2.24) is 15.0 Å². The van der Waals surface area contributed by atoms with Gasteiger partial charge in [-0.1, -0.05) is 6.07 Å². The van der Waals surface area contributed by atoms with Crippen LogP contribution in [-0.4, -0.2) is 33.5 Å². The molecule has 1 aromatic carbocycles. The summed E-state index contributed by atoms with van der Waals surface area (Å²) in [6, 6.07) is 6.97. The molecule has 0 atom stereocenters. The van der Waals surface area contributed by atoms with Gasteiger partial charge in [0.15, 0.2) is 0 Å². The van der Waals surface area contributed by atoms with Crippen molar-refractivity contribution >= 4 is 33.3 Å². The van der Waals surface area contributed by atoms with Crippen molar-refractivity contribution < 1.29 is 8.42 Å². The average molecular weight is 330 g/mol. The molecule has 2 rings (SSSR count). The Balaban J connectivity index is 0.00000220. The SMILES string of the molecule is CNCCCNS(=O)(=O)c1ccc(C)c2ncccc12.Cl. The first-order valence-electron chi connectivity index (χ1n) is 6.55. The van der Waals surface area contributed by atoms with E-state index in [1.165, 1.54) is 0 Å². The van der Waals surface area contributed by atoms with Crippen LogP contribution in [0, 0.1) is 6.92 Å². The minimum atomic E-state index is -3.50. The summed E-state index contributed by atoms with van der Waals surface area (Å²) < 4.78 is 27.3. The second-order valence-corrected chi connectivity index (χ2v) is 6.37. The molecule has 0 spiro atoms. The highest BCUT2D eigenvalue weighted by Crippen LogP contribution is 2.23. The lowest BCUT2D eigenvalue weighted by Crippen LogP contribution is -2.27. The second kappa shape index (κ2) is 7.70. The molecule has 2 N–H and O–H groups in total. The number of halogens is 1. The van der Waals surface area contributed by atoms with E-state index in [2.05, 4.69) is 15.0 Å². The van der Waals surface area contributed by atoms with Gasteiger partial charge in [-0.25, -0.2) is 13.1 Å². The van der Waals surface area contributed by atoms with E-state index in [9.17, 15) is 8.42 Å². The van der Waals surface area contributed by atoms with Gasteiger partial charge in [-0.05, 0) is 50.7 Å². The number of hydrogen-bond donors (Lipinski definition) is 2. The molecule has 0 unspecified atom stereocenters. The maximum atomic E-state index is 12.4. The first kappa shape index (κ1) is 17.8. The van der Waals surface area contributed by atoms with E-state index in [0.29, 0.717) is 11.9 Å². The van der Waals surface area contributed by atoms with E-state index in [1.54, 1.807) is 30.5 Å². The zero-order valence-electron chi connectivity index (χ0n) is 12.1. The van der Waals surface area contributed by atoms with E-state index in [1.807, 2.05) is 14.0 Å². The number of aryl methyl sites for hydroxylation is 1. The quantitative estimate of drug-likeness (QED) is 0.793. The Labute approximate surface area is 131 Å². The lowest BCUT2D eigenvalue weighted by Gasteiger charge is -2.10. The number of nitrogens with one attached hydrogen (secondary N) is 2. The van der Waals surface area contributed by atoms with Gasteiger partial charge in [-0.15, -0.1) is 12.4 Å². The van der Waals surface area contributed by atoms with Crippen LogP contribution < -0.4 is 10.0 Å². The van der Waals surface area contributed by atoms with Crippen molar-refractivity contribution in [3.8, 4) is 0 Å². The molecule has 1 heterocycles. The van der Waals surface area contributed by atoms with Gasteiger partial charge in [0.25, 0.3) is 0 Å². The average Bonchev–Trinajstić information content (AvgIpc) is 2.44. The second-order valence-electron chi connectivity index (χ2n) is 4.64. The van der Waals surface area contributed by atoms with Crippen molar-refractivity contribution in [2.24, 2.45) is 0 Å². The molecule has 2 aromatic rings. The lowest BCUT2D eigenvalue weighted by molar-refractivity contribution is 0.578. The van der Waals surface area contributed by atoms with Crippen LogP contribution in [0.1, 0.15) is 12.0 Å². The third-order valence-corrected chi connectivity index (χ3v) is 4.64. The summed E-state index contributed by atoms with van der Waals surface area (Å²) in [7, 11) is -1.66. The molecule has 0 radical (unpaired) electrons. The molecule has 21 heavy (non-hydrogen) atoms. The third kappa shape index (κ3) is 4.14. The first-order chi connectivity index (χ1) is 9.56. The van der Waals surface area contributed by atoms with Crippen molar-refractivity contribution in [1.29, 1.82) is 0 Å². The summed E-state index contributed by atoms with van der Waals surface area (Å²) in [6.45, 7) is 3.11. The van der Waals surface area contributed by atoms with Crippen LogP contribution in [0.3, 0.4) is 0 Å². The highest BCUT2D eigenvalue weighted by molar-refractivity contribution is 7.89. The highest BCUT2D eigenvalue weighted by atomic mass is 35.5. The fraction of sp³-hybridized carbons (Fsp3) is 0.357. The predicted octanol–water partition coefficient (Wildman–Crippen LogP) is 1.85. The number of pyridine rings is 1. The summed E-state index contributed by atoms with van der Waals surface area (Å²) in [5, 5.41) is 3.65. The van der Waals surface area contributed by atoms with Gasteiger partial charge in [0, 0.05) is 18.1 Å². The summed E-state index contributed by atoms with van der Waals surface area (Å²) in [5.41, 5.74) is 1.69. The molecule has 0 fully saturated rings. The van der Waals surface area contributed by atoms with E-state index in [4.69, 9.17) is 0 Å². The summed E-state index contributed by atoms with van der Waals surface area (Å²) in [4.78, 5) is 4.55. The molecule has 7 heteroatoms. The van der Waals surface area contributed by atoms with Crippen molar-refractivity contribution in [3.63, 3.8) is 0 Å². The van der Waals surface area contributed by atoms with Crippen LogP contribution in [-0.2, 0) is 10.0 Å². The number of aromatic nitrogens is 1. The molecule has 0 amide bonds. The van der Waals surface area contributed by atoms with Crippen LogP contribution in [0.2, 0.25) is 0 Å². The predicted molar refractivity (Wildman–Crippen MR) is 87.5 cm³/mol. The van der Waals surface area contributed by atoms with Gasteiger partial charge in [-0.3, -0.25) is 4.98 Å². The first-order valence-corrected chi connectivity index (χ1v) is 8.03. The van der Waals surface area contributed by atoms with Gasteiger partial charge < -0.3 is 5.32 Å². The number of rotatable bonds is 6. The largest absolute Gasteiger partial charge is 0.320 e. The minimum Gasteiger partial charge on any atom is -0.320 e. The van der Waals surface area contributed by atoms with Gasteiger partial charge >= 0.3 is 0 Å². The van der Waals surface area contributed by atoms with E-state index in [-0.39, 0.29) is 17.3 Å². The number of fused-ring (bicyclic) bond motifs is 1. The van der Waals surface area contributed by atoms with Crippen LogP contribution in [0.25, 0.3) is 10.9 Å². The van der Waals surface area contributed by atoms with Crippen molar-refractivity contribution in [3.05, 3.63) is 36.0 Å². The van der Waals surface area contributed by atoms with Crippen molar-refractivity contribution in [2.45, 2.75) is 18.2 Å². The Bertz CT molecular complexity index is 704. The number of benzene rings is 1. The molecule has 0 aliphatic rings. The zero-order chi connectivity index (χ0) is 14.6. The maximum Gasteiger partial charge on any atom is 0.241 e.